The van der Waals surface area contributed by atoms with E-state index in [4.69, 9.17) is 0 Å². The second kappa shape index (κ2) is 5.43. The Morgan fingerprint density at radius 1 is 1.47 bits per heavy atom. The Hall–Kier alpha value is -1.90. The van der Waals surface area contributed by atoms with Crippen molar-refractivity contribution >= 4 is 24.4 Å². The number of hydrogen-bond donors (Lipinski definition) is 0. The molecular weight excluding hydrogens is 212 g/mol. The predicted octanol–water partition coefficient (Wildman–Crippen LogP) is 2.85. The van der Waals surface area contributed by atoms with Crippen molar-refractivity contribution in [2.75, 3.05) is 14.1 Å². The lowest BCUT2D eigenvalue weighted by Gasteiger charge is -2.17. The Morgan fingerprint density at radius 3 is 2.59 bits per heavy atom. The van der Waals surface area contributed by atoms with E-state index >= 15 is 0 Å². The number of carbonyl (C=O) groups excluding carboxylic acids is 1. The fourth-order valence-electron chi connectivity index (χ4n) is 1.68. The van der Waals surface area contributed by atoms with E-state index in [1.165, 1.54) is 0 Å². The highest BCUT2D eigenvalue weighted by atomic mass is 16.2. The molecule has 0 spiro atoms. The third-order valence-electron chi connectivity index (χ3n) is 2.75. The summed E-state index contributed by atoms with van der Waals surface area (Å²) in [6.45, 7) is 9.14. The molecule has 3 nitrogen and oxygen atoms in total. The molecule has 0 radical (unpaired) electrons. The van der Waals surface area contributed by atoms with E-state index < -0.39 is 0 Å². The van der Waals surface area contributed by atoms with Gasteiger partial charge in [0.25, 0.3) is 0 Å². The average Bonchev–Trinajstić information content (AvgIpc) is 2.35. The van der Waals surface area contributed by atoms with Crippen LogP contribution >= 0.6 is 0 Å². The summed E-state index contributed by atoms with van der Waals surface area (Å²) in [6.07, 6.45) is 1.72. The van der Waals surface area contributed by atoms with Gasteiger partial charge in [0, 0.05) is 14.1 Å². The second-order valence-corrected chi connectivity index (χ2v) is 4.13. The Balaban J connectivity index is 3.11. The number of rotatable bonds is 4. The minimum atomic E-state index is -0.164. The number of likely N-dealkylation sites (N-methyl/N-ethyl adjacent to an activating group) is 1. The molecule has 0 saturated carbocycles. The van der Waals surface area contributed by atoms with Crippen molar-refractivity contribution in [2.45, 2.75) is 12.8 Å². The van der Waals surface area contributed by atoms with Crippen LogP contribution in [0.2, 0.25) is 0 Å². The van der Waals surface area contributed by atoms with Crippen LogP contribution in [0.25, 0.3) is 6.08 Å². The molecule has 1 unspecified atom stereocenters. The van der Waals surface area contributed by atoms with E-state index in [1.807, 2.05) is 25.1 Å². The summed E-state index contributed by atoms with van der Waals surface area (Å²) in [6, 6.07) is 5.70. The maximum atomic E-state index is 11.9. The van der Waals surface area contributed by atoms with Gasteiger partial charge in [-0.1, -0.05) is 18.7 Å². The zero-order valence-electron chi connectivity index (χ0n) is 10.6. The van der Waals surface area contributed by atoms with Crippen molar-refractivity contribution in [3.8, 4) is 0 Å². The molecule has 1 aromatic rings. The summed E-state index contributed by atoms with van der Waals surface area (Å²) < 4.78 is 0. The van der Waals surface area contributed by atoms with E-state index in [2.05, 4.69) is 18.3 Å². The van der Waals surface area contributed by atoms with E-state index in [1.54, 1.807) is 25.1 Å². The zero-order valence-corrected chi connectivity index (χ0v) is 10.6. The molecule has 0 aliphatic carbocycles. The lowest BCUT2D eigenvalue weighted by Crippen LogP contribution is -2.26. The topological polar surface area (TPSA) is 32.7 Å². The van der Waals surface area contributed by atoms with Crippen LogP contribution in [0, 0.1) is 0 Å². The van der Waals surface area contributed by atoms with Crippen LogP contribution in [-0.2, 0) is 4.79 Å². The number of amides is 1. The minimum Gasteiger partial charge on any atom is -0.348 e. The van der Waals surface area contributed by atoms with Gasteiger partial charge in [0.05, 0.1) is 11.6 Å². The molecule has 0 bridgehead atoms. The Kier molecular flexibility index (Phi) is 4.21. The van der Waals surface area contributed by atoms with Crippen molar-refractivity contribution in [1.29, 1.82) is 0 Å². The number of benzene rings is 1. The highest BCUT2D eigenvalue weighted by Crippen LogP contribution is 2.26. The van der Waals surface area contributed by atoms with Crippen molar-refractivity contribution < 1.29 is 4.79 Å². The van der Waals surface area contributed by atoms with Gasteiger partial charge in [-0.25, -0.2) is 0 Å². The molecular formula is C14H18N2O. The van der Waals surface area contributed by atoms with Crippen LogP contribution in [0.4, 0.5) is 5.69 Å². The molecule has 1 rings (SSSR count). The molecule has 1 amide bonds. The van der Waals surface area contributed by atoms with E-state index in [0.717, 1.165) is 16.8 Å². The first kappa shape index (κ1) is 13.2. The van der Waals surface area contributed by atoms with Gasteiger partial charge < -0.3 is 4.90 Å². The lowest BCUT2D eigenvalue weighted by molar-refractivity contribution is -0.129. The SMILES string of the molecule is C=Cc1cc(C(C)C(=O)N(C)C)ccc1N=C. The molecule has 0 fully saturated rings. The molecule has 17 heavy (non-hydrogen) atoms. The second-order valence-electron chi connectivity index (χ2n) is 4.13. The Labute approximate surface area is 102 Å². The predicted molar refractivity (Wildman–Crippen MR) is 72.9 cm³/mol. The van der Waals surface area contributed by atoms with Gasteiger partial charge in [-0.2, -0.15) is 0 Å². The minimum absolute atomic E-state index is 0.0827. The van der Waals surface area contributed by atoms with E-state index in [0.29, 0.717) is 0 Å². The summed E-state index contributed by atoms with van der Waals surface area (Å²) >= 11 is 0. The monoisotopic (exact) mass is 230 g/mol. The summed E-state index contributed by atoms with van der Waals surface area (Å²) in [5, 5.41) is 0. The Morgan fingerprint density at radius 2 is 2.12 bits per heavy atom. The normalized spacial score (nSPS) is 11.7. The van der Waals surface area contributed by atoms with Crippen LogP contribution < -0.4 is 0 Å². The molecule has 0 heterocycles. The maximum Gasteiger partial charge on any atom is 0.229 e. The van der Waals surface area contributed by atoms with Gasteiger partial charge in [-0.3, -0.25) is 9.79 Å². The first-order valence-corrected chi connectivity index (χ1v) is 5.45. The largest absolute Gasteiger partial charge is 0.348 e. The highest BCUT2D eigenvalue weighted by Gasteiger charge is 2.17. The van der Waals surface area contributed by atoms with Crippen LogP contribution in [0.5, 0.6) is 0 Å². The zero-order chi connectivity index (χ0) is 13.0. The molecule has 1 atom stereocenters. The van der Waals surface area contributed by atoms with Gasteiger partial charge >= 0.3 is 0 Å². The third-order valence-corrected chi connectivity index (χ3v) is 2.75. The van der Waals surface area contributed by atoms with Crippen LogP contribution in [0.15, 0.2) is 29.8 Å². The fourth-order valence-corrected chi connectivity index (χ4v) is 1.68. The number of aliphatic imine (C=N–C) groups is 1. The van der Waals surface area contributed by atoms with Crippen LogP contribution in [0.1, 0.15) is 24.0 Å². The maximum absolute atomic E-state index is 11.9. The first-order valence-electron chi connectivity index (χ1n) is 5.45. The molecule has 0 aliphatic heterocycles. The number of carbonyl (C=O) groups is 1. The lowest BCUT2D eigenvalue weighted by atomic mass is 9.97. The average molecular weight is 230 g/mol. The summed E-state index contributed by atoms with van der Waals surface area (Å²) in [5.74, 6) is -0.0816. The standard InChI is InChI=1S/C14H18N2O/c1-6-11-9-12(7-8-13(11)15-3)10(2)14(17)16(4)5/h6-10H,1,3H2,2,4-5H3. The van der Waals surface area contributed by atoms with Crippen molar-refractivity contribution in [3.05, 3.63) is 35.9 Å². The molecule has 0 saturated heterocycles. The smallest absolute Gasteiger partial charge is 0.229 e. The summed E-state index contributed by atoms with van der Waals surface area (Å²) in [5.41, 5.74) is 2.65. The first-order chi connectivity index (χ1) is 8.01. The van der Waals surface area contributed by atoms with Gasteiger partial charge in [-0.15, -0.1) is 0 Å². The van der Waals surface area contributed by atoms with Crippen molar-refractivity contribution in [3.63, 3.8) is 0 Å². The van der Waals surface area contributed by atoms with E-state index in [-0.39, 0.29) is 11.8 Å². The molecule has 90 valence electrons. The van der Waals surface area contributed by atoms with Gasteiger partial charge in [0.1, 0.15) is 0 Å². The summed E-state index contributed by atoms with van der Waals surface area (Å²) in [7, 11) is 3.51. The summed E-state index contributed by atoms with van der Waals surface area (Å²) in [4.78, 5) is 17.4. The van der Waals surface area contributed by atoms with Crippen molar-refractivity contribution in [1.82, 2.24) is 4.90 Å². The van der Waals surface area contributed by atoms with Gasteiger partial charge in [0.15, 0.2) is 0 Å². The van der Waals surface area contributed by atoms with E-state index in [9.17, 15) is 4.79 Å². The van der Waals surface area contributed by atoms with Crippen molar-refractivity contribution in [2.24, 2.45) is 4.99 Å². The fraction of sp³-hybridized carbons (Fsp3) is 0.286. The molecule has 1 aromatic carbocycles. The molecule has 0 aromatic heterocycles. The quantitative estimate of drug-likeness (QED) is 0.732. The number of nitrogens with zero attached hydrogens (tertiary/aromatic N) is 2. The number of hydrogen-bond acceptors (Lipinski definition) is 2. The van der Waals surface area contributed by atoms with Crippen LogP contribution in [-0.4, -0.2) is 31.6 Å². The van der Waals surface area contributed by atoms with Crippen LogP contribution in [0.3, 0.4) is 0 Å². The molecule has 3 heteroatoms. The molecule has 0 aliphatic rings. The highest BCUT2D eigenvalue weighted by molar-refractivity contribution is 5.83. The third kappa shape index (κ3) is 2.81. The van der Waals surface area contributed by atoms with Gasteiger partial charge in [-0.05, 0) is 36.9 Å². The molecule has 0 N–H and O–H groups in total. The Bertz CT molecular complexity index is 450. The van der Waals surface area contributed by atoms with Gasteiger partial charge in [0.2, 0.25) is 5.91 Å².